The Balaban J connectivity index is 2.09. The Morgan fingerprint density at radius 3 is 2.32 bits per heavy atom. The van der Waals surface area contributed by atoms with Gasteiger partial charge in [-0.25, -0.2) is 17.9 Å². The van der Waals surface area contributed by atoms with Crippen LogP contribution in [-0.4, -0.2) is 48.2 Å². The minimum atomic E-state index is -3.85. The van der Waals surface area contributed by atoms with Crippen molar-refractivity contribution in [2.45, 2.75) is 4.90 Å². The maximum atomic E-state index is 12.2. The van der Waals surface area contributed by atoms with E-state index in [9.17, 15) is 18.0 Å². The molecule has 0 aliphatic carbocycles. The number of ether oxygens (including phenoxy) is 3. The van der Waals surface area contributed by atoms with Crippen LogP contribution in [0.3, 0.4) is 0 Å². The van der Waals surface area contributed by atoms with Gasteiger partial charge in [0.05, 0.1) is 25.5 Å². The summed E-state index contributed by atoms with van der Waals surface area (Å²) < 4.78 is 41.4. The highest BCUT2D eigenvalue weighted by molar-refractivity contribution is 7.89. The molecule has 0 aliphatic rings. The number of esters is 1. The highest BCUT2D eigenvalue weighted by Crippen LogP contribution is 2.25. The van der Waals surface area contributed by atoms with Crippen molar-refractivity contribution in [1.29, 1.82) is 0 Å². The van der Waals surface area contributed by atoms with E-state index >= 15 is 0 Å². The molecule has 0 aliphatic heterocycles. The number of anilines is 1. The van der Waals surface area contributed by atoms with Gasteiger partial charge in [0.1, 0.15) is 16.4 Å². The average molecular weight is 408 g/mol. The van der Waals surface area contributed by atoms with Gasteiger partial charge in [-0.1, -0.05) is 12.1 Å². The van der Waals surface area contributed by atoms with Crippen molar-refractivity contribution in [1.82, 2.24) is 4.72 Å². The van der Waals surface area contributed by atoms with Crippen LogP contribution in [0.2, 0.25) is 0 Å². The quantitative estimate of drug-likeness (QED) is 0.634. The molecule has 9 nitrogen and oxygen atoms in total. The van der Waals surface area contributed by atoms with Crippen LogP contribution < -0.4 is 19.5 Å². The third-order valence-corrected chi connectivity index (χ3v) is 5.11. The van der Waals surface area contributed by atoms with E-state index in [2.05, 4.69) is 10.0 Å². The molecule has 2 N–H and O–H groups in total. The number of carbonyl (C=O) groups excluding carboxylic acids is 2. The molecule has 0 saturated heterocycles. The zero-order valence-electron chi connectivity index (χ0n) is 15.5. The van der Waals surface area contributed by atoms with Crippen LogP contribution in [0.4, 0.5) is 5.69 Å². The largest absolute Gasteiger partial charge is 0.495 e. The Bertz CT molecular complexity index is 974. The first-order chi connectivity index (χ1) is 13.3. The first kappa shape index (κ1) is 21.2. The van der Waals surface area contributed by atoms with Gasteiger partial charge in [0.15, 0.2) is 6.61 Å². The summed E-state index contributed by atoms with van der Waals surface area (Å²) in [5.41, 5.74) is 0.387. The monoisotopic (exact) mass is 408 g/mol. The summed E-state index contributed by atoms with van der Waals surface area (Å²) in [4.78, 5) is 24.0. The Morgan fingerprint density at radius 1 is 1.00 bits per heavy atom. The number of methoxy groups -OCH3 is 2. The van der Waals surface area contributed by atoms with E-state index in [0.29, 0.717) is 11.4 Å². The summed E-state index contributed by atoms with van der Waals surface area (Å²) in [7, 11) is 0.159. The van der Waals surface area contributed by atoms with Gasteiger partial charge in [0.2, 0.25) is 10.0 Å². The Hall–Kier alpha value is -3.11. The second kappa shape index (κ2) is 9.20. The van der Waals surface area contributed by atoms with Crippen molar-refractivity contribution < 1.29 is 32.2 Å². The van der Waals surface area contributed by atoms with Gasteiger partial charge in [-0.05, 0) is 37.4 Å². The second-order valence-electron chi connectivity index (χ2n) is 5.40. The summed E-state index contributed by atoms with van der Waals surface area (Å²) in [5.74, 6) is -0.904. The van der Waals surface area contributed by atoms with Crippen molar-refractivity contribution in [3.05, 3.63) is 48.0 Å². The molecule has 0 unspecified atom stereocenters. The van der Waals surface area contributed by atoms with Crippen molar-refractivity contribution in [3.63, 3.8) is 0 Å². The SMILES string of the molecule is CNS(=O)(=O)c1cc(C(=O)OCC(=O)Nc2ccccc2OC)ccc1OC. The summed E-state index contributed by atoms with van der Waals surface area (Å²) in [6.07, 6.45) is 0. The first-order valence-electron chi connectivity index (χ1n) is 8.04. The molecule has 0 atom stereocenters. The molecule has 0 radical (unpaired) electrons. The Morgan fingerprint density at radius 2 is 1.68 bits per heavy atom. The van der Waals surface area contributed by atoms with Crippen molar-refractivity contribution in [2.24, 2.45) is 0 Å². The topological polar surface area (TPSA) is 120 Å². The maximum Gasteiger partial charge on any atom is 0.338 e. The lowest BCUT2D eigenvalue weighted by Gasteiger charge is -2.12. The first-order valence-corrected chi connectivity index (χ1v) is 9.52. The van der Waals surface area contributed by atoms with Gasteiger partial charge < -0.3 is 19.5 Å². The molecule has 0 aromatic heterocycles. The lowest BCUT2D eigenvalue weighted by atomic mass is 10.2. The molecule has 150 valence electrons. The number of nitrogens with one attached hydrogen (secondary N) is 2. The zero-order valence-corrected chi connectivity index (χ0v) is 16.3. The van der Waals surface area contributed by atoms with Crippen LogP contribution in [0.1, 0.15) is 10.4 Å². The van der Waals surface area contributed by atoms with Gasteiger partial charge in [-0.15, -0.1) is 0 Å². The molecule has 2 aromatic rings. The average Bonchev–Trinajstić information content (AvgIpc) is 2.71. The summed E-state index contributed by atoms with van der Waals surface area (Å²) in [5, 5.41) is 2.56. The molecule has 0 spiro atoms. The standard InChI is InChI=1S/C18H20N2O7S/c1-19-28(23,24)16-10-12(8-9-15(16)26-3)18(22)27-11-17(21)20-13-6-4-5-7-14(13)25-2/h4-10,19H,11H2,1-3H3,(H,20,21). The van der Waals surface area contributed by atoms with Crippen LogP contribution in [0.15, 0.2) is 47.4 Å². The van der Waals surface area contributed by atoms with Crippen LogP contribution in [0, 0.1) is 0 Å². The van der Waals surface area contributed by atoms with Crippen LogP contribution in [-0.2, 0) is 19.6 Å². The predicted octanol–water partition coefficient (Wildman–Crippen LogP) is 1.41. The van der Waals surface area contributed by atoms with Crippen molar-refractivity contribution >= 4 is 27.6 Å². The number of para-hydroxylation sites is 2. The minimum Gasteiger partial charge on any atom is -0.495 e. The molecule has 2 aromatic carbocycles. The van der Waals surface area contributed by atoms with Gasteiger partial charge in [-0.3, -0.25) is 4.79 Å². The number of rotatable bonds is 8. The number of benzene rings is 2. The fourth-order valence-corrected chi connectivity index (χ4v) is 3.19. The normalized spacial score (nSPS) is 10.8. The summed E-state index contributed by atoms with van der Waals surface area (Å²) >= 11 is 0. The minimum absolute atomic E-state index is 0.0419. The molecule has 1 amide bonds. The third-order valence-electron chi connectivity index (χ3n) is 3.67. The van der Waals surface area contributed by atoms with Gasteiger partial charge in [0, 0.05) is 0 Å². The smallest absolute Gasteiger partial charge is 0.338 e. The van der Waals surface area contributed by atoms with Crippen LogP contribution in [0.25, 0.3) is 0 Å². The number of carbonyl (C=O) groups is 2. The van der Waals surface area contributed by atoms with E-state index in [1.807, 2.05) is 0 Å². The van der Waals surface area contributed by atoms with Crippen LogP contribution >= 0.6 is 0 Å². The molecule has 0 bridgehead atoms. The number of amides is 1. The molecule has 28 heavy (non-hydrogen) atoms. The molecule has 0 fully saturated rings. The second-order valence-corrected chi connectivity index (χ2v) is 7.25. The highest BCUT2D eigenvalue weighted by Gasteiger charge is 2.21. The fraction of sp³-hybridized carbons (Fsp3) is 0.222. The van der Waals surface area contributed by atoms with Gasteiger partial charge in [-0.2, -0.15) is 0 Å². The number of hydrogen-bond acceptors (Lipinski definition) is 7. The van der Waals surface area contributed by atoms with Crippen molar-refractivity contribution in [3.8, 4) is 11.5 Å². The fourth-order valence-electron chi connectivity index (χ4n) is 2.27. The van der Waals surface area contributed by atoms with E-state index in [0.717, 1.165) is 6.07 Å². The van der Waals surface area contributed by atoms with Gasteiger partial charge in [0.25, 0.3) is 5.91 Å². The lowest BCUT2D eigenvalue weighted by Crippen LogP contribution is -2.22. The van der Waals surface area contributed by atoms with E-state index < -0.39 is 28.5 Å². The van der Waals surface area contributed by atoms with Gasteiger partial charge >= 0.3 is 5.97 Å². The van der Waals surface area contributed by atoms with E-state index in [1.54, 1.807) is 24.3 Å². The summed E-state index contributed by atoms with van der Waals surface area (Å²) in [6.45, 7) is -0.559. The maximum absolute atomic E-state index is 12.2. The molecule has 0 heterocycles. The Kier molecular flexibility index (Phi) is 6.96. The van der Waals surface area contributed by atoms with Crippen molar-refractivity contribution in [2.75, 3.05) is 33.2 Å². The zero-order chi connectivity index (χ0) is 20.7. The molecule has 2 rings (SSSR count). The van der Waals surface area contributed by atoms with E-state index in [-0.39, 0.29) is 16.2 Å². The van der Waals surface area contributed by atoms with E-state index in [4.69, 9.17) is 14.2 Å². The van der Waals surface area contributed by atoms with E-state index in [1.165, 1.54) is 33.4 Å². The molecule has 0 saturated carbocycles. The molecular weight excluding hydrogens is 388 g/mol. The molecule has 10 heteroatoms. The number of sulfonamides is 1. The predicted molar refractivity (Wildman–Crippen MR) is 101 cm³/mol. The Labute approximate surface area is 162 Å². The third kappa shape index (κ3) is 4.99. The lowest BCUT2D eigenvalue weighted by molar-refractivity contribution is -0.119. The highest BCUT2D eigenvalue weighted by atomic mass is 32.2. The molecular formula is C18H20N2O7S. The van der Waals surface area contributed by atoms with Crippen LogP contribution in [0.5, 0.6) is 11.5 Å². The number of hydrogen-bond donors (Lipinski definition) is 2. The summed E-state index contributed by atoms with van der Waals surface area (Å²) in [6, 6.07) is 10.6.